The topological polar surface area (TPSA) is 42.2 Å². The van der Waals surface area contributed by atoms with Crippen molar-refractivity contribution in [2.45, 2.75) is 20.3 Å². The predicted octanol–water partition coefficient (Wildman–Crippen LogP) is 2.91. The summed E-state index contributed by atoms with van der Waals surface area (Å²) in [6.07, 6.45) is 2.85. The van der Waals surface area contributed by atoms with E-state index in [1.807, 2.05) is 13.1 Å². The molecule has 1 aromatic rings. The maximum atomic E-state index is 5.64. The highest BCUT2D eigenvalue weighted by Crippen LogP contribution is 2.24. The zero-order chi connectivity index (χ0) is 11.4. The average Bonchev–Trinajstić information content (AvgIpc) is 2.14. The molecule has 0 aromatic carbocycles. The summed E-state index contributed by atoms with van der Waals surface area (Å²) >= 11 is 3.47. The van der Waals surface area contributed by atoms with Crippen molar-refractivity contribution < 1.29 is 0 Å². The number of rotatable bonds is 4. The first kappa shape index (κ1) is 12.3. The van der Waals surface area contributed by atoms with Crippen LogP contribution in [0.2, 0.25) is 0 Å². The summed E-state index contributed by atoms with van der Waals surface area (Å²) in [5.41, 5.74) is 6.32. The SMILES string of the molecule is CC(C)CCN(C)c1ncc(N)cc1Br. The van der Waals surface area contributed by atoms with E-state index in [1.165, 1.54) is 0 Å². The van der Waals surface area contributed by atoms with Crippen LogP contribution < -0.4 is 10.6 Å². The number of pyridine rings is 1. The number of nitrogens with two attached hydrogens (primary N) is 1. The zero-order valence-corrected chi connectivity index (χ0v) is 11.1. The molecule has 0 unspecified atom stereocenters. The van der Waals surface area contributed by atoms with Crippen LogP contribution in [0.4, 0.5) is 11.5 Å². The van der Waals surface area contributed by atoms with Crippen molar-refractivity contribution >= 4 is 27.4 Å². The molecule has 4 heteroatoms. The number of nitrogens with zero attached hydrogens (tertiary/aromatic N) is 2. The van der Waals surface area contributed by atoms with Crippen LogP contribution in [0.25, 0.3) is 0 Å². The lowest BCUT2D eigenvalue weighted by atomic mass is 10.1. The summed E-state index contributed by atoms with van der Waals surface area (Å²) in [4.78, 5) is 6.45. The molecule has 0 bridgehead atoms. The molecule has 0 spiro atoms. The van der Waals surface area contributed by atoms with Crippen molar-refractivity contribution in [3.63, 3.8) is 0 Å². The first-order chi connectivity index (χ1) is 7.00. The van der Waals surface area contributed by atoms with E-state index in [0.717, 1.165) is 23.3 Å². The molecule has 0 aliphatic carbocycles. The Labute approximate surface area is 99.8 Å². The molecular formula is C11H18BrN3. The third kappa shape index (κ3) is 3.70. The van der Waals surface area contributed by atoms with Gasteiger partial charge in [-0.1, -0.05) is 13.8 Å². The van der Waals surface area contributed by atoms with Gasteiger partial charge < -0.3 is 10.6 Å². The van der Waals surface area contributed by atoms with E-state index < -0.39 is 0 Å². The molecule has 2 N–H and O–H groups in total. The van der Waals surface area contributed by atoms with Crippen LogP contribution >= 0.6 is 15.9 Å². The van der Waals surface area contributed by atoms with Crippen molar-refractivity contribution in [1.29, 1.82) is 0 Å². The lowest BCUT2D eigenvalue weighted by Crippen LogP contribution is -2.21. The number of halogens is 1. The quantitative estimate of drug-likeness (QED) is 0.916. The minimum Gasteiger partial charge on any atom is -0.397 e. The molecule has 0 saturated heterocycles. The minimum absolute atomic E-state index is 0.683. The van der Waals surface area contributed by atoms with Crippen LogP contribution in [-0.4, -0.2) is 18.6 Å². The first-order valence-corrected chi connectivity index (χ1v) is 5.92. The Hall–Kier alpha value is -0.770. The number of nitrogen functional groups attached to an aromatic ring is 1. The molecule has 0 saturated carbocycles. The van der Waals surface area contributed by atoms with E-state index in [4.69, 9.17) is 5.73 Å². The molecule has 0 amide bonds. The van der Waals surface area contributed by atoms with Gasteiger partial charge in [-0.15, -0.1) is 0 Å². The van der Waals surface area contributed by atoms with E-state index in [1.54, 1.807) is 6.20 Å². The predicted molar refractivity (Wildman–Crippen MR) is 69.1 cm³/mol. The Bertz CT molecular complexity index is 326. The number of aromatic nitrogens is 1. The molecule has 0 aliphatic rings. The molecule has 84 valence electrons. The Kier molecular flexibility index (Phi) is 4.39. The number of hydrogen-bond donors (Lipinski definition) is 1. The highest BCUT2D eigenvalue weighted by atomic mass is 79.9. The standard InChI is InChI=1S/C11H18BrN3/c1-8(2)4-5-15(3)11-10(12)6-9(13)7-14-11/h6-8H,4-5,13H2,1-3H3. The van der Waals surface area contributed by atoms with E-state index in [-0.39, 0.29) is 0 Å². The van der Waals surface area contributed by atoms with E-state index in [2.05, 4.69) is 39.7 Å². The minimum atomic E-state index is 0.683. The highest BCUT2D eigenvalue weighted by Gasteiger charge is 2.07. The van der Waals surface area contributed by atoms with Crippen molar-refractivity contribution in [1.82, 2.24) is 4.98 Å². The normalized spacial score (nSPS) is 10.7. The molecule has 15 heavy (non-hydrogen) atoms. The van der Waals surface area contributed by atoms with Crippen LogP contribution in [-0.2, 0) is 0 Å². The van der Waals surface area contributed by atoms with Gasteiger partial charge >= 0.3 is 0 Å². The molecule has 0 fully saturated rings. The summed E-state index contributed by atoms with van der Waals surface area (Å²) < 4.78 is 0.953. The Balaban J connectivity index is 2.69. The van der Waals surface area contributed by atoms with E-state index in [9.17, 15) is 0 Å². The largest absolute Gasteiger partial charge is 0.397 e. The summed E-state index contributed by atoms with van der Waals surface area (Å²) in [6, 6.07) is 1.88. The van der Waals surface area contributed by atoms with Gasteiger partial charge in [0.1, 0.15) is 5.82 Å². The van der Waals surface area contributed by atoms with E-state index in [0.29, 0.717) is 11.6 Å². The van der Waals surface area contributed by atoms with Gasteiger partial charge in [0.25, 0.3) is 0 Å². The summed E-state index contributed by atoms with van der Waals surface area (Å²) in [6.45, 7) is 5.45. The fourth-order valence-electron chi connectivity index (χ4n) is 1.28. The second kappa shape index (κ2) is 5.35. The van der Waals surface area contributed by atoms with Crippen LogP contribution in [0, 0.1) is 5.92 Å². The third-order valence-corrected chi connectivity index (χ3v) is 2.83. The molecule has 3 nitrogen and oxygen atoms in total. The summed E-state index contributed by atoms with van der Waals surface area (Å²) in [5, 5.41) is 0. The Morgan fingerprint density at radius 1 is 1.53 bits per heavy atom. The Morgan fingerprint density at radius 3 is 2.73 bits per heavy atom. The molecule has 0 aliphatic heterocycles. The van der Waals surface area contributed by atoms with Gasteiger partial charge in [-0.2, -0.15) is 0 Å². The number of hydrogen-bond acceptors (Lipinski definition) is 3. The number of anilines is 2. The van der Waals surface area contributed by atoms with Gasteiger partial charge in [0, 0.05) is 13.6 Å². The molecule has 0 radical (unpaired) electrons. The zero-order valence-electron chi connectivity index (χ0n) is 9.50. The lowest BCUT2D eigenvalue weighted by molar-refractivity contribution is 0.583. The molecule has 0 atom stereocenters. The van der Waals surface area contributed by atoms with Gasteiger partial charge in [0.2, 0.25) is 0 Å². The molecule has 1 aromatic heterocycles. The van der Waals surface area contributed by atoms with Crippen LogP contribution in [0.5, 0.6) is 0 Å². The first-order valence-electron chi connectivity index (χ1n) is 5.13. The molecule has 1 heterocycles. The average molecular weight is 272 g/mol. The highest BCUT2D eigenvalue weighted by molar-refractivity contribution is 9.10. The summed E-state index contributed by atoms with van der Waals surface area (Å²) in [7, 11) is 2.05. The van der Waals surface area contributed by atoms with Gasteiger partial charge in [-0.25, -0.2) is 4.98 Å². The maximum Gasteiger partial charge on any atom is 0.142 e. The van der Waals surface area contributed by atoms with Crippen LogP contribution in [0.15, 0.2) is 16.7 Å². The van der Waals surface area contributed by atoms with Crippen LogP contribution in [0.3, 0.4) is 0 Å². The van der Waals surface area contributed by atoms with Crippen molar-refractivity contribution in [2.24, 2.45) is 5.92 Å². The van der Waals surface area contributed by atoms with Crippen molar-refractivity contribution in [3.8, 4) is 0 Å². The van der Waals surface area contributed by atoms with Gasteiger partial charge in [-0.3, -0.25) is 0 Å². The molecule has 1 rings (SSSR count). The van der Waals surface area contributed by atoms with Crippen molar-refractivity contribution in [3.05, 3.63) is 16.7 Å². The fraction of sp³-hybridized carbons (Fsp3) is 0.545. The van der Waals surface area contributed by atoms with Crippen LogP contribution in [0.1, 0.15) is 20.3 Å². The third-order valence-electron chi connectivity index (χ3n) is 2.25. The summed E-state index contributed by atoms with van der Waals surface area (Å²) in [5.74, 6) is 1.66. The van der Waals surface area contributed by atoms with Gasteiger partial charge in [-0.05, 0) is 34.3 Å². The van der Waals surface area contributed by atoms with Crippen molar-refractivity contribution in [2.75, 3.05) is 24.2 Å². The monoisotopic (exact) mass is 271 g/mol. The fourth-order valence-corrected chi connectivity index (χ4v) is 1.95. The smallest absolute Gasteiger partial charge is 0.142 e. The second-order valence-electron chi connectivity index (χ2n) is 4.18. The molecular weight excluding hydrogens is 254 g/mol. The van der Waals surface area contributed by atoms with E-state index >= 15 is 0 Å². The Morgan fingerprint density at radius 2 is 2.20 bits per heavy atom. The van der Waals surface area contributed by atoms with Gasteiger partial charge in [0.15, 0.2) is 0 Å². The maximum absolute atomic E-state index is 5.64. The van der Waals surface area contributed by atoms with Gasteiger partial charge in [0.05, 0.1) is 16.4 Å². The second-order valence-corrected chi connectivity index (χ2v) is 5.03. The lowest BCUT2D eigenvalue weighted by Gasteiger charge is -2.20.